The Morgan fingerprint density at radius 2 is 1.79 bits per heavy atom. The maximum atomic E-state index is 15.0. The molecule has 6 bridgehead atoms. The molecular formula is C59H75N9O7S2. The van der Waals surface area contributed by atoms with Gasteiger partial charge in [0.1, 0.15) is 29.1 Å². The average molecular weight is 1090 g/mol. The van der Waals surface area contributed by atoms with Crippen LogP contribution in [-0.4, -0.2) is 138 Å². The third-order valence-corrected chi connectivity index (χ3v) is 19.6. The number of nitrogens with zero attached hydrogens (tertiary/aromatic N) is 7. The number of aryl methyl sites for hydroxylation is 2. The number of hydrogen-bond donors (Lipinski definition) is 2. The molecule has 6 aliphatic rings. The van der Waals surface area contributed by atoms with Crippen molar-refractivity contribution in [1.82, 2.24) is 44.4 Å². The molecule has 410 valence electrons. The third kappa shape index (κ3) is 10.5. The lowest BCUT2D eigenvalue weighted by molar-refractivity contribution is -0.155. The van der Waals surface area contributed by atoms with Crippen molar-refractivity contribution < 1.29 is 32.9 Å². The summed E-state index contributed by atoms with van der Waals surface area (Å²) >= 11 is 1.47. The highest BCUT2D eigenvalue weighted by Gasteiger charge is 2.63. The molecule has 8 heterocycles. The summed E-state index contributed by atoms with van der Waals surface area (Å²) < 4.78 is 30.2. The fraction of sp³-hybridized carbons (Fsp3) is 0.559. The van der Waals surface area contributed by atoms with E-state index in [2.05, 4.69) is 65.2 Å². The van der Waals surface area contributed by atoms with Gasteiger partial charge < -0.3 is 24.3 Å². The van der Waals surface area contributed by atoms with Crippen molar-refractivity contribution in [2.24, 2.45) is 22.7 Å². The van der Waals surface area contributed by atoms with Crippen molar-refractivity contribution in [3.63, 3.8) is 0 Å². The van der Waals surface area contributed by atoms with E-state index in [9.17, 15) is 23.4 Å². The summed E-state index contributed by atoms with van der Waals surface area (Å²) in [5.74, 6) is -0.610. The topological polar surface area (TPSA) is 171 Å². The average Bonchev–Trinajstić information content (AvgIpc) is 4.25. The monoisotopic (exact) mass is 1090 g/mol. The highest BCUT2D eigenvalue weighted by Crippen LogP contribution is 2.51. The van der Waals surface area contributed by atoms with Gasteiger partial charge in [0.2, 0.25) is 11.8 Å². The number of carbonyl (C=O) groups is 4. The summed E-state index contributed by atoms with van der Waals surface area (Å²) in [6.45, 7) is 18.3. The second-order valence-corrected chi connectivity index (χ2v) is 26.2. The number of aromatic nitrogens is 3. The SMILES string of the molecule is CCn1c(-c2cccnc2[C@H](C)OC)c2c3cc(ccc31)-c1csc(n1)C[C@H](NC(=O)[C@H](C(C)C)N1CC[C@]3(CCN(C(=O)[C@H]4[C@@H](C5CC5)N4[S@](=O)c4ccc(C)cc4)C3)C1)C(=O)N1CCC[C@H](N1)C(=O)OCC(C)(C)C2. The lowest BCUT2D eigenvalue weighted by atomic mass is 9.84. The number of pyridine rings is 1. The zero-order chi connectivity index (χ0) is 54.1. The Morgan fingerprint density at radius 1 is 1.01 bits per heavy atom. The number of likely N-dealkylation sites (tertiary alicyclic amines) is 2. The van der Waals surface area contributed by atoms with E-state index < -0.39 is 40.5 Å². The van der Waals surface area contributed by atoms with Gasteiger partial charge in [0.15, 0.2) is 0 Å². The predicted octanol–water partition coefficient (Wildman–Crippen LogP) is 7.65. The Morgan fingerprint density at radius 3 is 2.53 bits per heavy atom. The molecule has 1 unspecified atom stereocenters. The molecule has 3 amide bonds. The first-order chi connectivity index (χ1) is 37.0. The van der Waals surface area contributed by atoms with Gasteiger partial charge in [0, 0.05) is 90.7 Å². The number of hydrogen-bond acceptors (Lipinski definition) is 12. The van der Waals surface area contributed by atoms with Crippen molar-refractivity contribution >= 4 is 56.9 Å². The van der Waals surface area contributed by atoms with Gasteiger partial charge in [-0.3, -0.25) is 34.1 Å². The van der Waals surface area contributed by atoms with Crippen molar-refractivity contribution in [2.45, 2.75) is 148 Å². The number of nitrogens with one attached hydrogen (secondary N) is 2. The number of cyclic esters (lactones) is 1. The van der Waals surface area contributed by atoms with E-state index in [0.717, 1.165) is 80.8 Å². The van der Waals surface area contributed by atoms with E-state index in [1.807, 2.05) is 72.6 Å². The normalized spacial score (nSPS) is 26.9. The molecule has 2 N–H and O–H groups in total. The van der Waals surface area contributed by atoms with Crippen LogP contribution in [0.3, 0.4) is 0 Å². The zero-order valence-corrected chi connectivity index (χ0v) is 47.5. The number of benzene rings is 2. The van der Waals surface area contributed by atoms with Crippen LogP contribution in [0.2, 0.25) is 0 Å². The van der Waals surface area contributed by atoms with Gasteiger partial charge in [-0.1, -0.05) is 51.5 Å². The molecular weight excluding hydrogens is 1010 g/mol. The number of rotatable bonds is 12. The Balaban J connectivity index is 0.854. The molecule has 0 radical (unpaired) electrons. The molecule has 1 spiro atoms. The second kappa shape index (κ2) is 21.4. The smallest absolute Gasteiger partial charge is 0.324 e. The summed E-state index contributed by atoms with van der Waals surface area (Å²) in [7, 11) is 0.293. The molecule has 5 aromatic rings. The van der Waals surface area contributed by atoms with E-state index >= 15 is 0 Å². The number of hydrazine groups is 1. The zero-order valence-electron chi connectivity index (χ0n) is 45.9. The van der Waals surface area contributed by atoms with Crippen LogP contribution in [0.15, 0.2) is 71.1 Å². The van der Waals surface area contributed by atoms with Gasteiger partial charge in [-0.25, -0.2) is 18.9 Å². The maximum Gasteiger partial charge on any atom is 0.324 e. The Kier molecular flexibility index (Phi) is 14.9. The van der Waals surface area contributed by atoms with Crippen LogP contribution in [0.5, 0.6) is 0 Å². The van der Waals surface area contributed by atoms with Crippen LogP contribution >= 0.6 is 11.3 Å². The van der Waals surface area contributed by atoms with Crippen molar-refractivity contribution in [2.75, 3.05) is 46.4 Å². The van der Waals surface area contributed by atoms with Gasteiger partial charge >= 0.3 is 5.97 Å². The summed E-state index contributed by atoms with van der Waals surface area (Å²) in [4.78, 5) is 73.3. The molecule has 4 saturated heterocycles. The minimum Gasteiger partial charge on any atom is -0.464 e. The largest absolute Gasteiger partial charge is 0.464 e. The number of carbonyl (C=O) groups excluding carboxylic acids is 4. The maximum absolute atomic E-state index is 15.0. The quantitative estimate of drug-likeness (QED) is 0.0930. The van der Waals surface area contributed by atoms with Crippen molar-refractivity contribution in [1.29, 1.82) is 0 Å². The molecule has 9 atom stereocenters. The number of thiazole rings is 1. The van der Waals surface area contributed by atoms with Gasteiger partial charge in [-0.2, -0.15) is 0 Å². The number of esters is 1. The lowest BCUT2D eigenvalue weighted by Gasteiger charge is -2.36. The number of amides is 3. The molecule has 5 aliphatic heterocycles. The molecule has 2 aromatic carbocycles. The van der Waals surface area contributed by atoms with E-state index in [0.29, 0.717) is 69.5 Å². The van der Waals surface area contributed by atoms with Gasteiger partial charge in [-0.05, 0) is 126 Å². The third-order valence-electron chi connectivity index (χ3n) is 17.2. The highest BCUT2D eigenvalue weighted by atomic mass is 32.2. The summed E-state index contributed by atoms with van der Waals surface area (Å²) in [6, 6.07) is 15.7. The number of methoxy groups -OCH3 is 1. The fourth-order valence-corrected chi connectivity index (χ4v) is 15.3. The van der Waals surface area contributed by atoms with Crippen LogP contribution in [0.4, 0.5) is 0 Å². The van der Waals surface area contributed by atoms with Gasteiger partial charge in [0.25, 0.3) is 5.91 Å². The van der Waals surface area contributed by atoms with Crippen LogP contribution in [0, 0.1) is 29.6 Å². The lowest BCUT2D eigenvalue weighted by Crippen LogP contribution is -2.62. The van der Waals surface area contributed by atoms with Crippen molar-refractivity contribution in [3.05, 3.63) is 88.0 Å². The van der Waals surface area contributed by atoms with Crippen LogP contribution in [-0.2, 0) is 59.0 Å². The first kappa shape index (κ1) is 53.6. The minimum absolute atomic E-state index is 0.00678. The minimum atomic E-state index is -1.40. The first-order valence-corrected chi connectivity index (χ1v) is 29.9. The molecule has 1 aliphatic carbocycles. The molecule has 1 saturated carbocycles. The van der Waals surface area contributed by atoms with Crippen molar-refractivity contribution in [3.8, 4) is 22.5 Å². The Hall–Kier alpha value is -5.37. The Labute approximate surface area is 459 Å². The van der Waals surface area contributed by atoms with E-state index in [1.165, 1.54) is 16.3 Å². The van der Waals surface area contributed by atoms with Gasteiger partial charge in [0.05, 0.1) is 51.8 Å². The van der Waals surface area contributed by atoms with Crippen LogP contribution in [0.1, 0.15) is 108 Å². The highest BCUT2D eigenvalue weighted by molar-refractivity contribution is 7.83. The number of fused-ring (bicyclic) bond motifs is 6. The van der Waals surface area contributed by atoms with Gasteiger partial charge in [-0.15, -0.1) is 11.3 Å². The molecule has 3 aromatic heterocycles. The Bertz CT molecular complexity index is 3100. The molecule has 18 heteroatoms. The van der Waals surface area contributed by atoms with E-state index in [1.54, 1.807) is 13.3 Å². The van der Waals surface area contributed by atoms with E-state index in [4.69, 9.17) is 19.4 Å². The predicted molar refractivity (Wildman–Crippen MR) is 297 cm³/mol. The standard InChI is InChI=1S/C59H75N9O7S2/c1-9-66-47-21-18-39-28-42(47)43(52(66)41-12-10-24-60-49(41)37(5)74-8)30-58(6,7)34-75-57(72)44-13-11-25-67(63-44)55(70)45(29-48-61-46(39)31-76-48)62-54(69)50(35(2)3)64-26-22-59(32-64)23-27-65(33-59)56(71)53-51(38-16-17-38)68(53)77(73)40-19-14-36(4)15-20-40/h10,12,14-15,18-21,24,28,31,35,37-38,44-45,50-51,53,63H,9,11,13,16-17,22-23,25-27,29-30,32-34H2,1-8H3,(H,62,69)/t37-,44-,45-,50-,51+,53+,59-,68?,77+/m0/s1. The van der Waals surface area contributed by atoms with Crippen LogP contribution in [0.25, 0.3) is 33.4 Å². The molecule has 77 heavy (non-hydrogen) atoms. The fourth-order valence-electron chi connectivity index (χ4n) is 12.9. The summed E-state index contributed by atoms with van der Waals surface area (Å²) in [5.41, 5.74) is 10.5. The summed E-state index contributed by atoms with van der Waals surface area (Å²) in [5, 5.41) is 8.55. The van der Waals surface area contributed by atoms with E-state index in [-0.39, 0.29) is 60.3 Å². The van der Waals surface area contributed by atoms with Crippen LogP contribution < -0.4 is 10.7 Å². The number of ether oxygens (including phenoxy) is 2. The molecule has 16 nitrogen and oxygen atoms in total. The molecule has 11 rings (SSSR count). The summed E-state index contributed by atoms with van der Waals surface area (Å²) in [6.07, 6.45) is 7.17. The molecule has 5 fully saturated rings. The first-order valence-electron chi connectivity index (χ1n) is 27.9. The second-order valence-electron chi connectivity index (χ2n) is 23.9.